The minimum atomic E-state index is 0.556. The van der Waals surface area contributed by atoms with Gasteiger partial charge in [-0.1, -0.05) is 97.3 Å². The van der Waals surface area contributed by atoms with E-state index in [4.69, 9.17) is 0 Å². The average Bonchev–Trinajstić information content (AvgIpc) is 2.43. The molecule has 0 radical (unpaired) electrons. The Hall–Kier alpha value is -0.0800. The zero-order chi connectivity index (χ0) is 15.8. The molecule has 0 aromatic rings. The lowest BCUT2D eigenvalue weighted by atomic mass is 10.0. The molecule has 2 heteroatoms. The minimum Gasteiger partial charge on any atom is -0.785 e. The first-order valence-electron chi connectivity index (χ1n) is 9.55. The largest absolute Gasteiger partial charge is 0.785 e. The molecule has 0 aliphatic rings. The Morgan fingerprint density at radius 2 is 1.10 bits per heavy atom. The van der Waals surface area contributed by atoms with Crippen LogP contribution in [0.3, 0.4) is 0 Å². The van der Waals surface area contributed by atoms with Crippen LogP contribution in [0.25, 0.3) is 0 Å². The van der Waals surface area contributed by atoms with Gasteiger partial charge in [-0.15, -0.1) is 0 Å². The van der Waals surface area contributed by atoms with Crippen molar-refractivity contribution in [1.29, 1.82) is 0 Å². The highest BCUT2D eigenvalue weighted by molar-refractivity contribution is 4.59. The predicted octanol–water partition coefficient (Wildman–Crippen LogP) is 6.53. The van der Waals surface area contributed by atoms with E-state index in [0.717, 1.165) is 5.06 Å². The molecular formula is C19H40NO-. The number of hydrogen-bond donors (Lipinski definition) is 0. The van der Waals surface area contributed by atoms with Crippen LogP contribution in [0.15, 0.2) is 0 Å². The van der Waals surface area contributed by atoms with Gasteiger partial charge in [-0.3, -0.25) is 0 Å². The molecule has 0 spiro atoms. The molecule has 0 aliphatic heterocycles. The lowest BCUT2D eigenvalue weighted by Crippen LogP contribution is -2.17. The molecule has 0 bridgehead atoms. The van der Waals surface area contributed by atoms with E-state index in [1.54, 1.807) is 7.05 Å². The van der Waals surface area contributed by atoms with Gasteiger partial charge >= 0.3 is 0 Å². The van der Waals surface area contributed by atoms with Gasteiger partial charge in [0.2, 0.25) is 0 Å². The number of hydrogen-bond acceptors (Lipinski definition) is 2. The highest BCUT2D eigenvalue weighted by Gasteiger charge is 2.01. The first kappa shape index (κ1) is 20.9. The third-order valence-electron chi connectivity index (χ3n) is 4.37. The Labute approximate surface area is 134 Å². The van der Waals surface area contributed by atoms with Crippen molar-refractivity contribution in [3.05, 3.63) is 5.21 Å². The molecule has 1 atom stereocenters. The van der Waals surface area contributed by atoms with Crippen LogP contribution in [-0.2, 0) is 0 Å². The van der Waals surface area contributed by atoms with E-state index in [9.17, 15) is 5.21 Å². The van der Waals surface area contributed by atoms with Crippen LogP contribution in [0.2, 0.25) is 0 Å². The summed E-state index contributed by atoms with van der Waals surface area (Å²) in [7, 11) is 1.63. The SMILES string of the molecule is CCCCCCCCCCCCCCC[C@H](C)CN(C)[O-]. The summed E-state index contributed by atoms with van der Waals surface area (Å²) in [5.41, 5.74) is 0. The van der Waals surface area contributed by atoms with Crippen LogP contribution >= 0.6 is 0 Å². The van der Waals surface area contributed by atoms with Crippen molar-refractivity contribution in [1.82, 2.24) is 5.06 Å². The molecule has 0 amide bonds. The van der Waals surface area contributed by atoms with Gasteiger partial charge in [-0.2, -0.15) is 0 Å². The van der Waals surface area contributed by atoms with E-state index in [1.807, 2.05) is 0 Å². The molecule has 0 heterocycles. The fourth-order valence-corrected chi connectivity index (χ4v) is 3.04. The van der Waals surface area contributed by atoms with Gasteiger partial charge in [0.15, 0.2) is 0 Å². The summed E-state index contributed by atoms with van der Waals surface area (Å²) in [6.07, 6.45) is 19.5. The first-order valence-corrected chi connectivity index (χ1v) is 9.55. The second-order valence-electron chi connectivity index (χ2n) is 6.95. The van der Waals surface area contributed by atoms with Crippen LogP contribution in [0.4, 0.5) is 0 Å². The van der Waals surface area contributed by atoms with Crippen LogP contribution < -0.4 is 0 Å². The topological polar surface area (TPSA) is 26.3 Å². The van der Waals surface area contributed by atoms with Gasteiger partial charge in [0.1, 0.15) is 0 Å². The highest BCUT2D eigenvalue weighted by Crippen LogP contribution is 2.14. The summed E-state index contributed by atoms with van der Waals surface area (Å²) < 4.78 is 0. The number of rotatable bonds is 16. The van der Waals surface area contributed by atoms with Gasteiger partial charge in [-0.05, 0) is 25.9 Å². The van der Waals surface area contributed by atoms with Crippen LogP contribution in [-0.4, -0.2) is 18.7 Å². The van der Waals surface area contributed by atoms with E-state index in [2.05, 4.69) is 13.8 Å². The Bertz CT molecular complexity index is 194. The molecule has 0 fully saturated rings. The zero-order valence-corrected chi connectivity index (χ0v) is 15.0. The molecule has 0 aliphatic carbocycles. The standard InChI is InChI=1S/C19H40NO/c1-4-5-6-7-8-9-10-11-12-13-14-15-16-17-19(2)18-20(3)21/h19H,4-18H2,1-3H3/q-1/t19-/m0/s1. The quantitative estimate of drug-likeness (QED) is 0.239. The van der Waals surface area contributed by atoms with Gasteiger partial charge in [0, 0.05) is 0 Å². The fourth-order valence-electron chi connectivity index (χ4n) is 3.04. The van der Waals surface area contributed by atoms with Gasteiger partial charge < -0.3 is 10.3 Å². The smallest absolute Gasteiger partial charge is 0.0120 e. The minimum absolute atomic E-state index is 0.556. The van der Waals surface area contributed by atoms with Crippen molar-refractivity contribution in [3.63, 3.8) is 0 Å². The van der Waals surface area contributed by atoms with E-state index in [1.165, 1.54) is 89.9 Å². The summed E-state index contributed by atoms with van der Waals surface area (Å²) in [5.74, 6) is 0.556. The monoisotopic (exact) mass is 298 g/mol. The lowest BCUT2D eigenvalue weighted by molar-refractivity contribution is 0.349. The summed E-state index contributed by atoms with van der Waals surface area (Å²) in [6.45, 7) is 5.16. The molecule has 21 heavy (non-hydrogen) atoms. The van der Waals surface area contributed by atoms with E-state index >= 15 is 0 Å². The van der Waals surface area contributed by atoms with Crippen LogP contribution in [0.5, 0.6) is 0 Å². The van der Waals surface area contributed by atoms with E-state index < -0.39 is 0 Å². The van der Waals surface area contributed by atoms with E-state index in [0.29, 0.717) is 12.5 Å². The molecule has 0 aromatic carbocycles. The van der Waals surface area contributed by atoms with Crippen molar-refractivity contribution in [2.75, 3.05) is 13.6 Å². The maximum absolute atomic E-state index is 10.9. The molecule has 2 nitrogen and oxygen atoms in total. The predicted molar refractivity (Wildman–Crippen MR) is 95.5 cm³/mol. The van der Waals surface area contributed by atoms with Crippen molar-refractivity contribution in [2.24, 2.45) is 5.92 Å². The van der Waals surface area contributed by atoms with Crippen molar-refractivity contribution >= 4 is 0 Å². The number of hydroxylamine groups is 2. The third-order valence-corrected chi connectivity index (χ3v) is 4.37. The number of unbranched alkanes of at least 4 members (excludes halogenated alkanes) is 12. The zero-order valence-electron chi connectivity index (χ0n) is 15.0. The second-order valence-corrected chi connectivity index (χ2v) is 6.95. The Balaban J connectivity index is 3.05. The van der Waals surface area contributed by atoms with Crippen LogP contribution in [0.1, 0.15) is 104 Å². The summed E-state index contributed by atoms with van der Waals surface area (Å²) >= 11 is 0. The first-order chi connectivity index (χ1) is 10.2. The Morgan fingerprint density at radius 1 is 0.714 bits per heavy atom. The fraction of sp³-hybridized carbons (Fsp3) is 1.00. The molecule has 0 saturated heterocycles. The molecule has 0 aromatic heterocycles. The summed E-state index contributed by atoms with van der Waals surface area (Å²) in [5, 5.41) is 12.0. The highest BCUT2D eigenvalue weighted by atomic mass is 16.5. The van der Waals surface area contributed by atoms with Gasteiger partial charge in [0.05, 0.1) is 0 Å². The van der Waals surface area contributed by atoms with Gasteiger partial charge in [-0.25, -0.2) is 0 Å². The molecular weight excluding hydrogens is 258 g/mol. The van der Waals surface area contributed by atoms with Crippen LogP contribution in [0, 0.1) is 11.1 Å². The summed E-state index contributed by atoms with van der Waals surface area (Å²) in [6, 6.07) is 0. The van der Waals surface area contributed by atoms with Gasteiger partial charge in [0.25, 0.3) is 0 Å². The molecule has 0 rings (SSSR count). The van der Waals surface area contributed by atoms with Crippen molar-refractivity contribution in [2.45, 2.75) is 104 Å². The molecule has 128 valence electrons. The van der Waals surface area contributed by atoms with Crippen molar-refractivity contribution < 1.29 is 0 Å². The molecule has 0 N–H and O–H groups in total. The second kappa shape index (κ2) is 16.3. The molecule has 0 saturated carbocycles. The summed E-state index contributed by atoms with van der Waals surface area (Å²) in [4.78, 5) is 0. The number of nitrogens with zero attached hydrogens (tertiary/aromatic N) is 1. The lowest BCUT2D eigenvalue weighted by Gasteiger charge is -2.25. The Kier molecular flexibility index (Phi) is 16.2. The van der Waals surface area contributed by atoms with Crippen molar-refractivity contribution in [3.8, 4) is 0 Å². The molecule has 0 unspecified atom stereocenters. The maximum Gasteiger partial charge on any atom is -0.0120 e. The van der Waals surface area contributed by atoms with E-state index in [-0.39, 0.29) is 0 Å². The third kappa shape index (κ3) is 17.9. The average molecular weight is 299 g/mol. The Morgan fingerprint density at radius 3 is 1.48 bits per heavy atom. The normalized spacial score (nSPS) is 13.0. The maximum atomic E-state index is 10.9.